The van der Waals surface area contributed by atoms with Gasteiger partial charge in [-0.25, -0.2) is 0 Å². The maximum Gasteiger partial charge on any atom is 0.203 e. The minimum Gasteiger partial charge on any atom is -0.497 e. The first-order chi connectivity index (χ1) is 12.2. The molecule has 128 valence electrons. The first-order valence-corrected chi connectivity index (χ1v) is 8.21. The van der Waals surface area contributed by atoms with Crippen LogP contribution in [0.4, 0.5) is 0 Å². The Morgan fingerprint density at radius 3 is 2.28 bits per heavy atom. The van der Waals surface area contributed by atoms with Crippen molar-refractivity contribution in [2.45, 2.75) is 19.8 Å². The Labute approximate surface area is 148 Å². The summed E-state index contributed by atoms with van der Waals surface area (Å²) in [5, 5.41) is 9.33. The van der Waals surface area contributed by atoms with Crippen LogP contribution in [0.15, 0.2) is 54.1 Å². The maximum absolute atomic E-state index is 12.5. The van der Waals surface area contributed by atoms with Gasteiger partial charge >= 0.3 is 0 Å². The smallest absolute Gasteiger partial charge is 0.203 e. The summed E-state index contributed by atoms with van der Waals surface area (Å²) in [6.07, 6.45) is 3.68. The molecule has 25 heavy (non-hydrogen) atoms. The Morgan fingerprint density at radius 2 is 1.72 bits per heavy atom. The molecule has 0 atom stereocenters. The van der Waals surface area contributed by atoms with Crippen LogP contribution in [0.5, 0.6) is 11.5 Å². The highest BCUT2D eigenvalue weighted by molar-refractivity contribution is 6.14. The average molecular weight is 335 g/mol. The number of hydrogen-bond donors (Lipinski definition) is 0. The molecule has 0 unspecified atom stereocenters. The lowest BCUT2D eigenvalue weighted by Gasteiger charge is -2.05. The average Bonchev–Trinajstić information content (AvgIpc) is 2.67. The molecule has 0 saturated carbocycles. The summed E-state index contributed by atoms with van der Waals surface area (Å²) in [6.45, 7) is 2.80. The van der Waals surface area contributed by atoms with E-state index in [2.05, 4.69) is 6.92 Å². The van der Waals surface area contributed by atoms with Crippen LogP contribution in [0.25, 0.3) is 6.08 Å². The molecule has 2 aromatic rings. The number of ether oxygens (including phenoxy) is 2. The summed E-state index contributed by atoms with van der Waals surface area (Å²) in [4.78, 5) is 12.5. The lowest BCUT2D eigenvalue weighted by molar-refractivity contribution is 0.104. The van der Waals surface area contributed by atoms with Crippen molar-refractivity contribution in [3.05, 3.63) is 65.2 Å². The zero-order valence-corrected chi connectivity index (χ0v) is 14.5. The fourth-order valence-electron chi connectivity index (χ4n) is 2.21. The number of nitrogens with zero attached hydrogens (tertiary/aromatic N) is 1. The van der Waals surface area contributed by atoms with Gasteiger partial charge in [-0.2, -0.15) is 5.26 Å². The zero-order chi connectivity index (χ0) is 18.1. The molecule has 0 bridgehead atoms. The van der Waals surface area contributed by atoms with Gasteiger partial charge in [-0.3, -0.25) is 4.79 Å². The molecule has 0 aliphatic carbocycles. The number of ketones is 1. The van der Waals surface area contributed by atoms with Gasteiger partial charge in [0.15, 0.2) is 0 Å². The number of methoxy groups -OCH3 is 1. The first-order valence-electron chi connectivity index (χ1n) is 8.21. The van der Waals surface area contributed by atoms with Gasteiger partial charge in [-0.1, -0.05) is 25.5 Å². The van der Waals surface area contributed by atoms with Crippen molar-refractivity contribution in [3.63, 3.8) is 0 Å². The second kappa shape index (κ2) is 9.29. The van der Waals surface area contributed by atoms with Crippen LogP contribution < -0.4 is 9.47 Å². The first kappa shape index (κ1) is 18.3. The number of carbonyl (C=O) groups excluding carboxylic acids is 1. The zero-order valence-electron chi connectivity index (χ0n) is 14.5. The van der Waals surface area contributed by atoms with E-state index in [9.17, 15) is 10.1 Å². The van der Waals surface area contributed by atoms with Crippen LogP contribution in [0.3, 0.4) is 0 Å². The molecule has 4 heteroatoms. The molecule has 0 N–H and O–H groups in total. The highest BCUT2D eigenvalue weighted by Crippen LogP contribution is 2.18. The Morgan fingerprint density at radius 1 is 1.08 bits per heavy atom. The number of Topliss-reactive ketones (excluding diaryl/α,β-unsaturated/α-hetero) is 1. The van der Waals surface area contributed by atoms with E-state index in [1.807, 2.05) is 30.3 Å². The molecule has 0 radical (unpaired) electrons. The van der Waals surface area contributed by atoms with Crippen molar-refractivity contribution in [2.75, 3.05) is 13.7 Å². The van der Waals surface area contributed by atoms with E-state index in [0.717, 1.165) is 24.2 Å². The van der Waals surface area contributed by atoms with E-state index in [0.29, 0.717) is 17.9 Å². The van der Waals surface area contributed by atoms with Crippen molar-refractivity contribution in [1.29, 1.82) is 5.26 Å². The van der Waals surface area contributed by atoms with Gasteiger partial charge in [0.25, 0.3) is 0 Å². The summed E-state index contributed by atoms with van der Waals surface area (Å²) in [5.41, 5.74) is 1.32. The number of benzene rings is 2. The summed E-state index contributed by atoms with van der Waals surface area (Å²) in [7, 11) is 1.56. The Balaban J connectivity index is 2.13. The van der Waals surface area contributed by atoms with Gasteiger partial charge in [-0.15, -0.1) is 0 Å². The van der Waals surface area contributed by atoms with Gasteiger partial charge in [0, 0.05) is 5.56 Å². The van der Waals surface area contributed by atoms with E-state index in [1.165, 1.54) is 0 Å². The largest absolute Gasteiger partial charge is 0.497 e. The van der Waals surface area contributed by atoms with Crippen LogP contribution in [-0.2, 0) is 0 Å². The van der Waals surface area contributed by atoms with Crippen LogP contribution >= 0.6 is 0 Å². The number of carbonyl (C=O) groups is 1. The molecular weight excluding hydrogens is 314 g/mol. The summed E-state index contributed by atoms with van der Waals surface area (Å²) in [6, 6.07) is 16.0. The van der Waals surface area contributed by atoms with Gasteiger partial charge in [0.05, 0.1) is 13.7 Å². The SMILES string of the molecule is CCCCOc1ccc(/C=C(\C#N)C(=O)c2ccc(OC)cc2)cc1. The van der Waals surface area contributed by atoms with Crippen molar-refractivity contribution in [1.82, 2.24) is 0 Å². The molecule has 2 rings (SSSR count). The van der Waals surface area contributed by atoms with E-state index in [-0.39, 0.29) is 11.4 Å². The predicted octanol–water partition coefficient (Wildman–Crippen LogP) is 4.66. The van der Waals surface area contributed by atoms with Gasteiger partial charge in [0.1, 0.15) is 23.1 Å². The minimum absolute atomic E-state index is 0.0878. The van der Waals surface area contributed by atoms with E-state index < -0.39 is 0 Å². The number of allylic oxidation sites excluding steroid dienone is 1. The Hall–Kier alpha value is -3.06. The lowest BCUT2D eigenvalue weighted by atomic mass is 10.0. The second-order valence-electron chi connectivity index (χ2n) is 5.50. The van der Waals surface area contributed by atoms with Crippen LogP contribution in [-0.4, -0.2) is 19.5 Å². The molecule has 0 amide bonds. The molecule has 0 heterocycles. The molecule has 0 aliphatic heterocycles. The summed E-state index contributed by atoms with van der Waals surface area (Å²) >= 11 is 0. The highest BCUT2D eigenvalue weighted by atomic mass is 16.5. The number of rotatable bonds is 8. The summed E-state index contributed by atoms with van der Waals surface area (Å²) in [5.74, 6) is 1.14. The van der Waals surface area contributed by atoms with Crippen molar-refractivity contribution in [3.8, 4) is 17.6 Å². The lowest BCUT2D eigenvalue weighted by Crippen LogP contribution is -2.02. The molecular formula is C21H21NO3. The fraction of sp³-hybridized carbons (Fsp3) is 0.238. The minimum atomic E-state index is -0.312. The Kier molecular flexibility index (Phi) is 6.79. The monoisotopic (exact) mass is 335 g/mol. The predicted molar refractivity (Wildman–Crippen MR) is 97.8 cm³/mol. The van der Waals surface area contributed by atoms with Crippen molar-refractivity contribution >= 4 is 11.9 Å². The van der Waals surface area contributed by atoms with Crippen LogP contribution in [0.1, 0.15) is 35.7 Å². The number of hydrogen-bond acceptors (Lipinski definition) is 4. The normalized spacial score (nSPS) is 10.8. The highest BCUT2D eigenvalue weighted by Gasteiger charge is 2.12. The molecule has 0 aliphatic rings. The molecule has 0 saturated heterocycles. The maximum atomic E-state index is 12.5. The second-order valence-corrected chi connectivity index (χ2v) is 5.50. The number of nitriles is 1. The Bertz CT molecular complexity index is 768. The molecule has 4 nitrogen and oxygen atoms in total. The van der Waals surface area contributed by atoms with Crippen molar-refractivity contribution < 1.29 is 14.3 Å². The van der Waals surface area contributed by atoms with E-state index in [4.69, 9.17) is 9.47 Å². The van der Waals surface area contributed by atoms with Crippen LogP contribution in [0.2, 0.25) is 0 Å². The third-order valence-electron chi connectivity index (χ3n) is 3.68. The number of unbranched alkanes of at least 4 members (excludes halogenated alkanes) is 1. The van der Waals surface area contributed by atoms with E-state index >= 15 is 0 Å². The molecule has 0 spiro atoms. The van der Waals surface area contributed by atoms with Crippen LogP contribution in [0, 0.1) is 11.3 Å². The molecule has 2 aromatic carbocycles. The third kappa shape index (κ3) is 5.22. The molecule has 0 fully saturated rings. The van der Waals surface area contributed by atoms with E-state index in [1.54, 1.807) is 37.5 Å². The topological polar surface area (TPSA) is 59.3 Å². The standard InChI is InChI=1S/C21H21NO3/c1-3-4-13-25-20-9-5-16(6-10-20)14-18(15-22)21(23)17-7-11-19(24-2)12-8-17/h5-12,14H,3-4,13H2,1-2H3/b18-14+. The van der Waals surface area contributed by atoms with Gasteiger partial charge in [0.2, 0.25) is 5.78 Å². The fourth-order valence-corrected chi connectivity index (χ4v) is 2.21. The summed E-state index contributed by atoms with van der Waals surface area (Å²) < 4.78 is 10.7. The van der Waals surface area contributed by atoms with Gasteiger partial charge in [-0.05, 0) is 54.5 Å². The quantitative estimate of drug-likeness (QED) is 0.304. The van der Waals surface area contributed by atoms with Gasteiger partial charge < -0.3 is 9.47 Å². The third-order valence-corrected chi connectivity index (χ3v) is 3.68. The molecule has 0 aromatic heterocycles. The van der Waals surface area contributed by atoms with Crippen molar-refractivity contribution in [2.24, 2.45) is 0 Å².